The molecule has 0 spiro atoms. The fraction of sp³-hybridized carbons (Fsp3) is 0.353. The van der Waals surface area contributed by atoms with Gasteiger partial charge < -0.3 is 4.90 Å². The predicted octanol–water partition coefficient (Wildman–Crippen LogP) is 3.52. The lowest BCUT2D eigenvalue weighted by Gasteiger charge is -2.21. The van der Waals surface area contributed by atoms with Gasteiger partial charge in [0, 0.05) is 37.1 Å². The Balaban J connectivity index is 1.90. The van der Waals surface area contributed by atoms with Crippen LogP contribution < -0.4 is 4.90 Å². The van der Waals surface area contributed by atoms with Gasteiger partial charge in [-0.25, -0.2) is 8.42 Å². The summed E-state index contributed by atoms with van der Waals surface area (Å²) in [6.07, 6.45) is 0.672. The molecule has 25 heavy (non-hydrogen) atoms. The Bertz CT molecular complexity index is 908. The van der Waals surface area contributed by atoms with Crippen LogP contribution in [0.5, 0.6) is 0 Å². The maximum atomic E-state index is 13.0. The van der Waals surface area contributed by atoms with E-state index >= 15 is 0 Å². The summed E-state index contributed by atoms with van der Waals surface area (Å²) < 4.78 is 28.1. The van der Waals surface area contributed by atoms with Crippen molar-refractivity contribution in [3.63, 3.8) is 0 Å². The number of nitrogens with zero attached hydrogens (tertiary/aromatic N) is 2. The van der Waals surface area contributed by atoms with E-state index in [1.165, 1.54) is 22.6 Å². The minimum Gasteiger partial charge on any atom is -0.312 e. The SMILES string of the molecule is CCN(Cc1ccc(Cl)s1)S(=O)(=O)c1ccc2c(c1)CCN2C(C)=O. The lowest BCUT2D eigenvalue weighted by atomic mass is 10.2. The lowest BCUT2D eigenvalue weighted by molar-refractivity contribution is -0.116. The summed E-state index contributed by atoms with van der Waals surface area (Å²) in [4.78, 5) is 14.5. The van der Waals surface area contributed by atoms with Crippen LogP contribution >= 0.6 is 22.9 Å². The highest BCUT2D eigenvalue weighted by atomic mass is 35.5. The second kappa shape index (κ2) is 7.07. The molecule has 2 aromatic rings. The number of carbonyl (C=O) groups is 1. The quantitative estimate of drug-likeness (QED) is 0.774. The van der Waals surface area contributed by atoms with Crippen molar-refractivity contribution >= 4 is 44.6 Å². The number of hydrogen-bond donors (Lipinski definition) is 0. The first-order valence-electron chi connectivity index (χ1n) is 7.98. The Morgan fingerprint density at radius 3 is 2.68 bits per heavy atom. The molecule has 0 radical (unpaired) electrons. The van der Waals surface area contributed by atoms with Crippen molar-refractivity contribution < 1.29 is 13.2 Å². The van der Waals surface area contributed by atoms with Crippen LogP contribution in [0.1, 0.15) is 24.3 Å². The van der Waals surface area contributed by atoms with Crippen LogP contribution in [0.3, 0.4) is 0 Å². The van der Waals surface area contributed by atoms with E-state index in [0.717, 1.165) is 16.1 Å². The van der Waals surface area contributed by atoms with E-state index in [4.69, 9.17) is 11.6 Å². The molecule has 1 aromatic heterocycles. The Labute approximate surface area is 156 Å². The number of rotatable bonds is 5. The fourth-order valence-corrected chi connectivity index (χ4v) is 5.66. The van der Waals surface area contributed by atoms with Gasteiger partial charge in [0.2, 0.25) is 15.9 Å². The standard InChI is InChI=1S/C17H19ClN2O3S2/c1-3-19(11-14-4-7-17(18)24-14)25(22,23)15-5-6-16-13(10-15)8-9-20(16)12(2)21/h4-7,10H,3,8-9,11H2,1-2H3. The Kier molecular flexibility index (Phi) is 5.20. The number of amides is 1. The molecule has 1 aliphatic heterocycles. The smallest absolute Gasteiger partial charge is 0.243 e. The van der Waals surface area contributed by atoms with Crippen molar-refractivity contribution in [2.24, 2.45) is 0 Å². The Morgan fingerprint density at radius 1 is 1.32 bits per heavy atom. The summed E-state index contributed by atoms with van der Waals surface area (Å²) in [6.45, 7) is 4.60. The van der Waals surface area contributed by atoms with Crippen LogP contribution in [0.4, 0.5) is 5.69 Å². The fourth-order valence-electron chi connectivity index (χ4n) is 2.99. The first kappa shape index (κ1) is 18.4. The molecule has 0 aliphatic carbocycles. The van der Waals surface area contributed by atoms with Gasteiger partial charge in [0.15, 0.2) is 0 Å². The zero-order valence-electron chi connectivity index (χ0n) is 14.0. The van der Waals surface area contributed by atoms with Crippen LogP contribution in [-0.4, -0.2) is 31.7 Å². The van der Waals surface area contributed by atoms with E-state index in [0.29, 0.717) is 30.4 Å². The molecule has 3 rings (SSSR count). The summed E-state index contributed by atoms with van der Waals surface area (Å²) in [5, 5.41) is 0. The Morgan fingerprint density at radius 2 is 2.08 bits per heavy atom. The number of hydrogen-bond acceptors (Lipinski definition) is 4. The van der Waals surface area contributed by atoms with Crippen molar-refractivity contribution in [3.05, 3.63) is 45.1 Å². The molecule has 2 heterocycles. The second-order valence-corrected chi connectivity index (χ2v) is 9.59. The molecule has 0 bridgehead atoms. The van der Waals surface area contributed by atoms with Crippen molar-refractivity contribution in [2.45, 2.75) is 31.7 Å². The van der Waals surface area contributed by atoms with E-state index in [1.807, 2.05) is 13.0 Å². The van der Waals surface area contributed by atoms with E-state index in [-0.39, 0.29) is 10.8 Å². The highest BCUT2D eigenvalue weighted by molar-refractivity contribution is 7.89. The first-order chi connectivity index (χ1) is 11.8. The van der Waals surface area contributed by atoms with Gasteiger partial charge in [-0.1, -0.05) is 18.5 Å². The van der Waals surface area contributed by atoms with E-state index in [9.17, 15) is 13.2 Å². The summed E-state index contributed by atoms with van der Waals surface area (Å²) in [5.41, 5.74) is 1.70. The van der Waals surface area contributed by atoms with Gasteiger partial charge in [-0.3, -0.25) is 4.79 Å². The maximum absolute atomic E-state index is 13.0. The van der Waals surface area contributed by atoms with Gasteiger partial charge in [0.1, 0.15) is 0 Å². The molecule has 5 nitrogen and oxygen atoms in total. The summed E-state index contributed by atoms with van der Waals surface area (Å²) >= 11 is 7.32. The van der Waals surface area contributed by atoms with Gasteiger partial charge in [0.25, 0.3) is 0 Å². The summed E-state index contributed by atoms with van der Waals surface area (Å²) in [5.74, 6) is -0.0286. The molecule has 0 unspecified atom stereocenters. The summed E-state index contributed by atoms with van der Waals surface area (Å²) in [6, 6.07) is 8.62. The number of thiophene rings is 1. The minimum atomic E-state index is -3.61. The molecule has 0 saturated carbocycles. The maximum Gasteiger partial charge on any atom is 0.243 e. The molecule has 0 fully saturated rings. The van der Waals surface area contributed by atoms with Crippen molar-refractivity contribution in [2.75, 3.05) is 18.0 Å². The minimum absolute atomic E-state index is 0.0286. The normalized spacial score (nSPS) is 14.2. The van der Waals surface area contributed by atoms with Crippen LogP contribution in [-0.2, 0) is 27.8 Å². The summed E-state index contributed by atoms with van der Waals surface area (Å²) in [7, 11) is -3.61. The highest BCUT2D eigenvalue weighted by Crippen LogP contribution is 2.32. The monoisotopic (exact) mass is 398 g/mol. The molecule has 0 N–H and O–H groups in total. The van der Waals surface area contributed by atoms with E-state index in [1.54, 1.807) is 29.2 Å². The number of halogens is 1. The molecule has 8 heteroatoms. The van der Waals surface area contributed by atoms with Crippen molar-refractivity contribution in [1.82, 2.24) is 4.31 Å². The molecule has 134 valence electrons. The molecular formula is C17H19ClN2O3S2. The van der Waals surface area contributed by atoms with E-state index < -0.39 is 10.0 Å². The first-order valence-corrected chi connectivity index (χ1v) is 10.6. The lowest BCUT2D eigenvalue weighted by Crippen LogP contribution is -2.30. The van der Waals surface area contributed by atoms with Gasteiger partial charge in [-0.05, 0) is 42.3 Å². The largest absolute Gasteiger partial charge is 0.312 e. The van der Waals surface area contributed by atoms with Gasteiger partial charge >= 0.3 is 0 Å². The van der Waals surface area contributed by atoms with Crippen LogP contribution in [0.2, 0.25) is 4.34 Å². The molecule has 0 saturated heterocycles. The average Bonchev–Trinajstić information content (AvgIpc) is 3.17. The van der Waals surface area contributed by atoms with Gasteiger partial charge in [-0.2, -0.15) is 4.31 Å². The van der Waals surface area contributed by atoms with Crippen LogP contribution in [0, 0.1) is 0 Å². The second-order valence-electron chi connectivity index (χ2n) is 5.85. The molecule has 1 aliphatic rings. The third-order valence-electron chi connectivity index (χ3n) is 4.28. The highest BCUT2D eigenvalue weighted by Gasteiger charge is 2.28. The number of fused-ring (bicyclic) bond motifs is 1. The predicted molar refractivity (Wildman–Crippen MR) is 101 cm³/mol. The molecular weight excluding hydrogens is 380 g/mol. The number of anilines is 1. The van der Waals surface area contributed by atoms with Gasteiger partial charge in [-0.15, -0.1) is 11.3 Å². The van der Waals surface area contributed by atoms with E-state index in [2.05, 4.69) is 0 Å². The zero-order chi connectivity index (χ0) is 18.2. The molecule has 0 atom stereocenters. The Hall–Kier alpha value is -1.41. The zero-order valence-corrected chi connectivity index (χ0v) is 16.4. The number of sulfonamides is 1. The average molecular weight is 399 g/mol. The molecule has 1 amide bonds. The van der Waals surface area contributed by atoms with Crippen molar-refractivity contribution in [3.8, 4) is 0 Å². The number of carbonyl (C=O) groups excluding carboxylic acids is 1. The van der Waals surface area contributed by atoms with Crippen molar-refractivity contribution in [1.29, 1.82) is 0 Å². The number of benzene rings is 1. The van der Waals surface area contributed by atoms with Crippen LogP contribution in [0.15, 0.2) is 35.2 Å². The third kappa shape index (κ3) is 3.60. The van der Waals surface area contributed by atoms with Gasteiger partial charge in [0.05, 0.1) is 9.23 Å². The molecule has 1 aromatic carbocycles. The topological polar surface area (TPSA) is 57.7 Å². The third-order valence-corrected chi connectivity index (χ3v) is 7.41. The van der Waals surface area contributed by atoms with Crippen LogP contribution in [0.25, 0.3) is 0 Å².